The third kappa shape index (κ3) is 4.09. The SMILES string of the molecule is CCc1nn(C)c(CC(CN)Cc2cccc(Br)c2)c1Cl. The maximum Gasteiger partial charge on any atom is 0.0849 e. The Bertz CT molecular complexity index is 610. The van der Waals surface area contributed by atoms with E-state index in [2.05, 4.69) is 46.2 Å². The molecule has 0 aliphatic rings. The molecule has 0 amide bonds. The van der Waals surface area contributed by atoms with E-state index in [1.54, 1.807) is 0 Å². The summed E-state index contributed by atoms with van der Waals surface area (Å²) in [7, 11) is 1.95. The number of benzene rings is 1. The lowest BCUT2D eigenvalue weighted by Crippen LogP contribution is -2.20. The van der Waals surface area contributed by atoms with E-state index < -0.39 is 0 Å². The Hall–Kier alpha value is -0.840. The molecule has 1 unspecified atom stereocenters. The molecule has 0 saturated carbocycles. The maximum atomic E-state index is 6.43. The van der Waals surface area contributed by atoms with Crippen molar-refractivity contribution in [2.24, 2.45) is 18.7 Å². The molecule has 21 heavy (non-hydrogen) atoms. The Labute approximate surface area is 139 Å². The molecule has 0 radical (unpaired) electrons. The van der Waals surface area contributed by atoms with Gasteiger partial charge in [-0.05, 0) is 49.4 Å². The Morgan fingerprint density at radius 2 is 2.14 bits per heavy atom. The molecule has 2 aromatic rings. The Balaban J connectivity index is 2.14. The van der Waals surface area contributed by atoms with Crippen LogP contribution < -0.4 is 5.73 Å². The molecule has 0 fully saturated rings. The maximum absolute atomic E-state index is 6.43. The van der Waals surface area contributed by atoms with Crippen molar-refractivity contribution in [2.75, 3.05) is 6.54 Å². The van der Waals surface area contributed by atoms with E-state index >= 15 is 0 Å². The molecule has 3 nitrogen and oxygen atoms in total. The van der Waals surface area contributed by atoms with Gasteiger partial charge in [0.05, 0.1) is 16.4 Å². The van der Waals surface area contributed by atoms with Crippen LogP contribution in [0.3, 0.4) is 0 Å². The van der Waals surface area contributed by atoms with Gasteiger partial charge >= 0.3 is 0 Å². The molecule has 0 aliphatic carbocycles. The summed E-state index contributed by atoms with van der Waals surface area (Å²) in [6.45, 7) is 2.70. The zero-order valence-corrected chi connectivity index (χ0v) is 14.8. The first-order valence-corrected chi connectivity index (χ1v) is 8.37. The Morgan fingerprint density at radius 3 is 2.71 bits per heavy atom. The fraction of sp³-hybridized carbons (Fsp3) is 0.438. The molecule has 1 aromatic heterocycles. The topological polar surface area (TPSA) is 43.8 Å². The highest BCUT2D eigenvalue weighted by Gasteiger charge is 2.17. The largest absolute Gasteiger partial charge is 0.330 e. The summed E-state index contributed by atoms with van der Waals surface area (Å²) in [5, 5.41) is 5.27. The third-order valence-corrected chi connectivity index (χ3v) is 4.66. The summed E-state index contributed by atoms with van der Waals surface area (Å²) in [4.78, 5) is 0. The first kappa shape index (κ1) is 16.5. The minimum atomic E-state index is 0.358. The summed E-state index contributed by atoms with van der Waals surface area (Å²) in [6, 6.07) is 8.37. The first-order chi connectivity index (χ1) is 10.0. The van der Waals surface area contributed by atoms with E-state index in [1.165, 1.54) is 5.56 Å². The summed E-state index contributed by atoms with van der Waals surface area (Å²) in [5.74, 6) is 0.358. The minimum absolute atomic E-state index is 0.358. The first-order valence-electron chi connectivity index (χ1n) is 7.19. The van der Waals surface area contributed by atoms with Crippen LogP contribution in [-0.4, -0.2) is 16.3 Å². The third-order valence-electron chi connectivity index (χ3n) is 3.73. The average molecular weight is 371 g/mol. The van der Waals surface area contributed by atoms with E-state index in [0.29, 0.717) is 12.5 Å². The molecular formula is C16H21BrClN3. The normalized spacial score (nSPS) is 12.6. The van der Waals surface area contributed by atoms with Gasteiger partial charge in [-0.1, -0.05) is 46.6 Å². The van der Waals surface area contributed by atoms with Gasteiger partial charge < -0.3 is 5.73 Å². The predicted octanol–water partition coefficient (Wildman–Crippen LogP) is 3.76. The van der Waals surface area contributed by atoms with Gasteiger partial charge in [0.2, 0.25) is 0 Å². The van der Waals surface area contributed by atoms with Gasteiger partial charge in [0.1, 0.15) is 0 Å². The highest BCUT2D eigenvalue weighted by Crippen LogP contribution is 2.25. The Kier molecular flexibility index (Phi) is 5.85. The number of nitrogens with zero attached hydrogens (tertiary/aromatic N) is 2. The van der Waals surface area contributed by atoms with E-state index in [0.717, 1.165) is 40.1 Å². The molecule has 1 heterocycles. The van der Waals surface area contributed by atoms with Gasteiger partial charge in [-0.3, -0.25) is 4.68 Å². The number of hydrogen-bond donors (Lipinski definition) is 1. The van der Waals surface area contributed by atoms with Crippen LogP contribution in [0.4, 0.5) is 0 Å². The highest BCUT2D eigenvalue weighted by atomic mass is 79.9. The van der Waals surface area contributed by atoms with Crippen molar-refractivity contribution in [3.8, 4) is 0 Å². The van der Waals surface area contributed by atoms with Gasteiger partial charge in [0, 0.05) is 11.5 Å². The predicted molar refractivity (Wildman–Crippen MR) is 91.7 cm³/mol. The van der Waals surface area contributed by atoms with Crippen LogP contribution in [0.1, 0.15) is 23.9 Å². The molecule has 5 heteroatoms. The smallest absolute Gasteiger partial charge is 0.0849 e. The van der Waals surface area contributed by atoms with Crippen LogP contribution in [-0.2, 0) is 26.3 Å². The van der Waals surface area contributed by atoms with Crippen LogP contribution in [0.15, 0.2) is 28.7 Å². The van der Waals surface area contributed by atoms with Crippen molar-refractivity contribution in [2.45, 2.75) is 26.2 Å². The van der Waals surface area contributed by atoms with Crippen LogP contribution in [0.25, 0.3) is 0 Å². The van der Waals surface area contributed by atoms with Gasteiger partial charge in [-0.2, -0.15) is 5.10 Å². The van der Waals surface area contributed by atoms with Crippen molar-refractivity contribution in [1.82, 2.24) is 9.78 Å². The summed E-state index contributed by atoms with van der Waals surface area (Å²) >= 11 is 9.94. The van der Waals surface area contributed by atoms with Crippen LogP contribution in [0.2, 0.25) is 5.02 Å². The lowest BCUT2D eigenvalue weighted by molar-refractivity contribution is 0.510. The second kappa shape index (κ2) is 7.43. The summed E-state index contributed by atoms with van der Waals surface area (Å²) in [5.41, 5.74) is 9.29. The van der Waals surface area contributed by atoms with Gasteiger partial charge in [-0.25, -0.2) is 0 Å². The van der Waals surface area contributed by atoms with Gasteiger partial charge in [0.15, 0.2) is 0 Å². The second-order valence-corrected chi connectivity index (χ2v) is 6.62. The number of aromatic nitrogens is 2. The molecule has 0 saturated heterocycles. The molecule has 0 aliphatic heterocycles. The van der Waals surface area contributed by atoms with Gasteiger partial charge in [0.25, 0.3) is 0 Å². The van der Waals surface area contributed by atoms with Crippen LogP contribution in [0, 0.1) is 5.92 Å². The fourth-order valence-electron chi connectivity index (χ4n) is 2.55. The Morgan fingerprint density at radius 1 is 1.38 bits per heavy atom. The van der Waals surface area contributed by atoms with Crippen molar-refractivity contribution >= 4 is 27.5 Å². The lowest BCUT2D eigenvalue weighted by Gasteiger charge is -2.15. The van der Waals surface area contributed by atoms with Crippen molar-refractivity contribution in [1.29, 1.82) is 0 Å². The monoisotopic (exact) mass is 369 g/mol. The molecule has 1 atom stereocenters. The van der Waals surface area contributed by atoms with E-state index in [1.807, 2.05) is 17.8 Å². The number of nitrogens with two attached hydrogens (primary N) is 1. The lowest BCUT2D eigenvalue weighted by atomic mass is 9.94. The number of hydrogen-bond acceptors (Lipinski definition) is 2. The van der Waals surface area contributed by atoms with E-state index in [9.17, 15) is 0 Å². The highest BCUT2D eigenvalue weighted by molar-refractivity contribution is 9.10. The summed E-state index contributed by atoms with van der Waals surface area (Å²) < 4.78 is 2.99. The molecule has 114 valence electrons. The van der Waals surface area contributed by atoms with E-state index in [-0.39, 0.29) is 0 Å². The number of rotatable bonds is 6. The zero-order valence-electron chi connectivity index (χ0n) is 12.4. The molecule has 1 aromatic carbocycles. The standard InChI is InChI=1S/C16H21BrClN3/c1-3-14-16(18)15(21(2)20-14)9-12(10-19)7-11-5-4-6-13(17)8-11/h4-6,8,12H,3,7,9-10,19H2,1-2H3. The minimum Gasteiger partial charge on any atom is -0.330 e. The quantitative estimate of drug-likeness (QED) is 0.841. The zero-order chi connectivity index (χ0) is 15.4. The second-order valence-electron chi connectivity index (χ2n) is 5.32. The summed E-state index contributed by atoms with van der Waals surface area (Å²) in [6.07, 6.45) is 2.65. The van der Waals surface area contributed by atoms with Crippen LogP contribution >= 0.6 is 27.5 Å². The van der Waals surface area contributed by atoms with Crippen molar-refractivity contribution in [3.63, 3.8) is 0 Å². The van der Waals surface area contributed by atoms with Crippen molar-refractivity contribution < 1.29 is 0 Å². The number of aryl methyl sites for hydroxylation is 2. The molecule has 0 spiro atoms. The molecule has 2 rings (SSSR count). The number of halogens is 2. The molecular weight excluding hydrogens is 350 g/mol. The van der Waals surface area contributed by atoms with Crippen LogP contribution in [0.5, 0.6) is 0 Å². The molecule has 2 N–H and O–H groups in total. The van der Waals surface area contributed by atoms with E-state index in [4.69, 9.17) is 17.3 Å². The molecule has 0 bridgehead atoms. The van der Waals surface area contributed by atoms with Gasteiger partial charge in [-0.15, -0.1) is 0 Å². The average Bonchev–Trinajstić information content (AvgIpc) is 2.73. The fourth-order valence-corrected chi connectivity index (χ4v) is 3.37. The van der Waals surface area contributed by atoms with Crippen molar-refractivity contribution in [3.05, 3.63) is 50.7 Å².